The first-order chi connectivity index (χ1) is 15.0. The van der Waals surface area contributed by atoms with Crippen LogP contribution in [-0.4, -0.2) is 60.3 Å². The SMILES string of the molecule is CC(=O)c1ccc(N2CCN(CC(=O)N(Cc3ccccc3)[C@@H](C)C3CC3)CC2)cc1. The number of ketones is 1. The molecule has 1 aliphatic heterocycles. The lowest BCUT2D eigenvalue weighted by molar-refractivity contribution is -0.135. The minimum absolute atomic E-state index is 0.0929. The molecule has 1 saturated carbocycles. The first-order valence-electron chi connectivity index (χ1n) is 11.4. The van der Waals surface area contributed by atoms with Crippen molar-refractivity contribution in [2.75, 3.05) is 37.6 Å². The Hall–Kier alpha value is -2.66. The van der Waals surface area contributed by atoms with E-state index in [0.29, 0.717) is 25.0 Å². The molecule has 5 nitrogen and oxygen atoms in total. The van der Waals surface area contributed by atoms with Gasteiger partial charge in [0.2, 0.25) is 5.91 Å². The Morgan fingerprint density at radius 3 is 2.19 bits per heavy atom. The van der Waals surface area contributed by atoms with Crippen LogP contribution in [0.2, 0.25) is 0 Å². The number of piperazine rings is 1. The molecule has 1 saturated heterocycles. The van der Waals surface area contributed by atoms with E-state index >= 15 is 0 Å². The van der Waals surface area contributed by atoms with Crippen molar-refractivity contribution in [1.82, 2.24) is 9.80 Å². The Morgan fingerprint density at radius 2 is 1.61 bits per heavy atom. The molecule has 0 N–H and O–H groups in total. The minimum atomic E-state index is 0.0929. The second-order valence-corrected chi connectivity index (χ2v) is 8.95. The summed E-state index contributed by atoms with van der Waals surface area (Å²) < 4.78 is 0. The first-order valence-corrected chi connectivity index (χ1v) is 11.4. The fraction of sp³-hybridized carbons (Fsp3) is 0.462. The van der Waals surface area contributed by atoms with Crippen LogP contribution in [0.3, 0.4) is 0 Å². The van der Waals surface area contributed by atoms with Crippen molar-refractivity contribution in [2.45, 2.75) is 39.3 Å². The molecule has 1 amide bonds. The number of carbonyl (C=O) groups is 2. The average molecular weight is 420 g/mol. The minimum Gasteiger partial charge on any atom is -0.369 e. The van der Waals surface area contributed by atoms with Crippen LogP contribution in [-0.2, 0) is 11.3 Å². The number of rotatable bonds is 8. The van der Waals surface area contributed by atoms with Crippen LogP contribution in [0.25, 0.3) is 0 Å². The van der Waals surface area contributed by atoms with Crippen LogP contribution in [0.15, 0.2) is 54.6 Å². The van der Waals surface area contributed by atoms with Crippen molar-refractivity contribution in [2.24, 2.45) is 5.92 Å². The highest BCUT2D eigenvalue weighted by Crippen LogP contribution is 2.35. The van der Waals surface area contributed by atoms with Crippen LogP contribution < -0.4 is 4.90 Å². The Morgan fingerprint density at radius 1 is 0.968 bits per heavy atom. The Labute approximate surface area is 185 Å². The molecule has 4 rings (SSSR count). The van der Waals surface area contributed by atoms with Gasteiger partial charge in [0.1, 0.15) is 0 Å². The molecule has 2 aromatic rings. The molecule has 164 valence electrons. The van der Waals surface area contributed by atoms with Gasteiger partial charge in [0, 0.05) is 50.0 Å². The van der Waals surface area contributed by atoms with E-state index < -0.39 is 0 Å². The molecule has 0 aromatic heterocycles. The lowest BCUT2D eigenvalue weighted by Gasteiger charge is -2.37. The molecule has 31 heavy (non-hydrogen) atoms. The van der Waals surface area contributed by atoms with Crippen molar-refractivity contribution < 1.29 is 9.59 Å². The fourth-order valence-corrected chi connectivity index (χ4v) is 4.43. The maximum absolute atomic E-state index is 13.3. The van der Waals surface area contributed by atoms with Crippen molar-refractivity contribution in [3.05, 3.63) is 65.7 Å². The predicted molar refractivity (Wildman–Crippen MR) is 124 cm³/mol. The number of hydrogen-bond acceptors (Lipinski definition) is 4. The maximum atomic E-state index is 13.3. The third-order valence-electron chi connectivity index (χ3n) is 6.68. The van der Waals surface area contributed by atoms with E-state index in [2.05, 4.69) is 33.8 Å². The van der Waals surface area contributed by atoms with Gasteiger partial charge in [0.25, 0.3) is 0 Å². The maximum Gasteiger partial charge on any atom is 0.237 e. The second kappa shape index (κ2) is 9.65. The number of benzene rings is 2. The summed E-state index contributed by atoms with van der Waals surface area (Å²) in [5.41, 5.74) is 3.09. The highest BCUT2D eigenvalue weighted by atomic mass is 16.2. The summed E-state index contributed by atoms with van der Waals surface area (Å²) in [4.78, 5) is 31.5. The van der Waals surface area contributed by atoms with Crippen molar-refractivity contribution >= 4 is 17.4 Å². The molecular formula is C26H33N3O2. The van der Waals surface area contributed by atoms with Crippen molar-refractivity contribution in [3.8, 4) is 0 Å². The monoisotopic (exact) mass is 419 g/mol. The molecule has 1 atom stereocenters. The van der Waals surface area contributed by atoms with Gasteiger partial charge >= 0.3 is 0 Å². The first kappa shape index (κ1) is 21.6. The number of Topliss-reactive ketones (excluding diaryl/α,β-unsaturated/α-hetero) is 1. The highest BCUT2D eigenvalue weighted by Gasteiger charge is 2.35. The van der Waals surface area contributed by atoms with Gasteiger partial charge < -0.3 is 9.80 Å². The Balaban J connectivity index is 1.33. The molecule has 2 fully saturated rings. The smallest absolute Gasteiger partial charge is 0.237 e. The number of hydrogen-bond donors (Lipinski definition) is 0. The van der Waals surface area contributed by atoms with Crippen LogP contribution >= 0.6 is 0 Å². The van der Waals surface area contributed by atoms with E-state index in [-0.39, 0.29) is 11.7 Å². The summed E-state index contributed by atoms with van der Waals surface area (Å²) in [6.45, 7) is 8.51. The number of nitrogens with zero attached hydrogens (tertiary/aromatic N) is 3. The summed E-state index contributed by atoms with van der Waals surface area (Å²) in [7, 11) is 0. The third-order valence-corrected chi connectivity index (χ3v) is 6.68. The van der Waals surface area contributed by atoms with Gasteiger partial charge in [-0.05, 0) is 62.4 Å². The van der Waals surface area contributed by atoms with Gasteiger partial charge in [0.05, 0.1) is 6.54 Å². The highest BCUT2D eigenvalue weighted by molar-refractivity contribution is 5.94. The summed E-state index contributed by atoms with van der Waals surface area (Å²) >= 11 is 0. The largest absolute Gasteiger partial charge is 0.369 e. The summed E-state index contributed by atoms with van der Waals surface area (Å²) in [6, 6.07) is 18.5. The van der Waals surface area contributed by atoms with Crippen LogP contribution in [0.1, 0.15) is 42.6 Å². The van der Waals surface area contributed by atoms with Gasteiger partial charge in [0.15, 0.2) is 5.78 Å². The standard InChI is InChI=1S/C26H33N3O2/c1-20(23-8-9-23)29(18-22-6-4-3-5-7-22)26(31)19-27-14-16-28(17-15-27)25-12-10-24(11-13-25)21(2)30/h3-7,10-13,20,23H,8-9,14-19H2,1-2H3/t20-/m0/s1. The topological polar surface area (TPSA) is 43.9 Å². The van der Waals surface area contributed by atoms with Gasteiger partial charge in [-0.1, -0.05) is 30.3 Å². The Bertz CT molecular complexity index is 885. The predicted octanol–water partition coefficient (Wildman–Crippen LogP) is 3.84. The Kier molecular flexibility index (Phi) is 6.71. The summed E-state index contributed by atoms with van der Waals surface area (Å²) in [5.74, 6) is 0.986. The number of amides is 1. The van der Waals surface area contributed by atoms with E-state index in [9.17, 15) is 9.59 Å². The van der Waals surface area contributed by atoms with E-state index in [1.165, 1.54) is 18.4 Å². The molecular weight excluding hydrogens is 386 g/mol. The number of anilines is 1. The molecule has 1 heterocycles. The molecule has 5 heteroatoms. The van der Waals surface area contributed by atoms with Gasteiger partial charge in [-0.3, -0.25) is 14.5 Å². The van der Waals surface area contributed by atoms with E-state index in [1.54, 1.807) is 6.92 Å². The molecule has 0 bridgehead atoms. The second-order valence-electron chi connectivity index (χ2n) is 8.95. The molecule has 0 radical (unpaired) electrons. The lowest BCUT2D eigenvalue weighted by Crippen LogP contribution is -2.51. The average Bonchev–Trinajstić information content (AvgIpc) is 3.64. The van der Waals surface area contributed by atoms with E-state index in [4.69, 9.17) is 0 Å². The lowest BCUT2D eigenvalue weighted by atomic mass is 10.1. The quantitative estimate of drug-likeness (QED) is 0.610. The van der Waals surface area contributed by atoms with Crippen molar-refractivity contribution in [1.29, 1.82) is 0 Å². The fourth-order valence-electron chi connectivity index (χ4n) is 4.43. The summed E-state index contributed by atoms with van der Waals surface area (Å²) in [6.07, 6.45) is 2.47. The zero-order valence-electron chi connectivity index (χ0n) is 18.7. The van der Waals surface area contributed by atoms with Crippen LogP contribution in [0, 0.1) is 5.92 Å². The van der Waals surface area contributed by atoms with Gasteiger partial charge in [-0.2, -0.15) is 0 Å². The zero-order chi connectivity index (χ0) is 21.8. The summed E-state index contributed by atoms with van der Waals surface area (Å²) in [5, 5.41) is 0. The van der Waals surface area contributed by atoms with Crippen molar-refractivity contribution in [3.63, 3.8) is 0 Å². The van der Waals surface area contributed by atoms with Crippen LogP contribution in [0.4, 0.5) is 5.69 Å². The zero-order valence-corrected chi connectivity index (χ0v) is 18.7. The van der Waals surface area contributed by atoms with E-state index in [1.807, 2.05) is 42.5 Å². The molecule has 0 unspecified atom stereocenters. The van der Waals surface area contributed by atoms with Crippen LogP contribution in [0.5, 0.6) is 0 Å². The van der Waals surface area contributed by atoms with Gasteiger partial charge in [-0.25, -0.2) is 0 Å². The van der Waals surface area contributed by atoms with Gasteiger partial charge in [-0.15, -0.1) is 0 Å². The molecule has 2 aromatic carbocycles. The normalized spacial score (nSPS) is 17.9. The van der Waals surface area contributed by atoms with E-state index in [0.717, 1.165) is 37.4 Å². The molecule has 2 aliphatic rings. The third kappa shape index (κ3) is 5.53. The number of carbonyl (C=O) groups excluding carboxylic acids is 2. The molecule has 0 spiro atoms. The molecule has 1 aliphatic carbocycles.